The summed E-state index contributed by atoms with van der Waals surface area (Å²) in [5, 5.41) is 4.51. The number of aryl methyl sites for hydroxylation is 2. The Morgan fingerprint density at radius 1 is 1.29 bits per heavy atom. The summed E-state index contributed by atoms with van der Waals surface area (Å²) in [4.78, 5) is 10.2. The number of aliphatic imine (C=N–C) groups is 1. The van der Waals surface area contributed by atoms with Crippen molar-refractivity contribution in [2.45, 2.75) is 64.8 Å². The van der Waals surface area contributed by atoms with Gasteiger partial charge in [0.25, 0.3) is 0 Å². The van der Waals surface area contributed by atoms with Crippen molar-refractivity contribution in [2.24, 2.45) is 10.7 Å². The lowest BCUT2D eigenvalue weighted by atomic mass is 10.1. The molecule has 1 aliphatic rings. The number of hydrogen-bond acceptors (Lipinski definition) is 3. The third kappa shape index (κ3) is 6.50. The van der Waals surface area contributed by atoms with Crippen LogP contribution < -0.4 is 11.1 Å². The van der Waals surface area contributed by atoms with Gasteiger partial charge in [-0.1, -0.05) is 25.7 Å². The first-order valence-electron chi connectivity index (χ1n) is 7.64. The molecule has 1 aliphatic carbocycles. The molecule has 0 aliphatic heterocycles. The molecule has 3 N–H and O–H groups in total. The molecule has 120 valence electrons. The van der Waals surface area contributed by atoms with E-state index in [1.165, 1.54) is 43.4 Å². The fourth-order valence-corrected chi connectivity index (χ4v) is 3.69. The maximum Gasteiger partial charge on any atom is 0.188 e. The molecule has 6 heteroatoms. The summed E-state index contributed by atoms with van der Waals surface area (Å²) >= 11 is 1.76. The average molecular weight is 422 g/mol. The number of hydrogen-bond donors (Lipinski definition) is 2. The summed E-state index contributed by atoms with van der Waals surface area (Å²) in [5.74, 6) is 0.607. The van der Waals surface area contributed by atoms with E-state index in [2.05, 4.69) is 22.2 Å². The Bertz CT molecular complexity index is 451. The predicted molar refractivity (Wildman–Crippen MR) is 102 cm³/mol. The number of thiazole rings is 1. The lowest BCUT2D eigenvalue weighted by molar-refractivity contribution is 0.530. The zero-order chi connectivity index (χ0) is 14.4. The van der Waals surface area contributed by atoms with Crippen molar-refractivity contribution < 1.29 is 0 Å². The summed E-state index contributed by atoms with van der Waals surface area (Å²) < 4.78 is 0. The van der Waals surface area contributed by atoms with Crippen molar-refractivity contribution in [2.75, 3.05) is 6.54 Å². The smallest absolute Gasteiger partial charge is 0.188 e. The number of guanidine groups is 1. The van der Waals surface area contributed by atoms with Crippen LogP contribution in [0, 0.1) is 13.8 Å². The molecule has 0 saturated heterocycles. The lowest BCUT2D eigenvalue weighted by Crippen LogP contribution is -2.40. The highest BCUT2D eigenvalue weighted by Crippen LogP contribution is 2.18. The minimum atomic E-state index is 0. The van der Waals surface area contributed by atoms with Crippen LogP contribution >= 0.6 is 35.3 Å². The van der Waals surface area contributed by atoms with Gasteiger partial charge in [-0.25, -0.2) is 4.98 Å². The Balaban J connectivity index is 0.00000220. The monoisotopic (exact) mass is 422 g/mol. The third-order valence-corrected chi connectivity index (χ3v) is 4.96. The van der Waals surface area contributed by atoms with Crippen LogP contribution in [-0.2, 0) is 6.42 Å². The van der Waals surface area contributed by atoms with E-state index in [1.54, 1.807) is 11.3 Å². The van der Waals surface area contributed by atoms with Gasteiger partial charge in [0.2, 0.25) is 0 Å². The molecule has 0 atom stereocenters. The summed E-state index contributed by atoms with van der Waals surface area (Å²) in [6.45, 7) is 4.86. The third-order valence-electron chi connectivity index (χ3n) is 3.83. The van der Waals surface area contributed by atoms with Gasteiger partial charge in [0, 0.05) is 23.9 Å². The number of nitrogens with one attached hydrogen (secondary N) is 1. The SMILES string of the molecule is Cc1nc(C)c(CCN=C(N)NC2CCCCCC2)s1.I. The molecule has 1 saturated carbocycles. The zero-order valence-corrected chi connectivity index (χ0v) is 16.2. The maximum atomic E-state index is 5.99. The van der Waals surface area contributed by atoms with Gasteiger partial charge in [0.15, 0.2) is 5.96 Å². The van der Waals surface area contributed by atoms with Gasteiger partial charge < -0.3 is 11.1 Å². The average Bonchev–Trinajstić information content (AvgIpc) is 2.61. The van der Waals surface area contributed by atoms with E-state index in [0.29, 0.717) is 12.0 Å². The number of rotatable bonds is 4. The Hall–Kier alpha value is -0.370. The zero-order valence-electron chi connectivity index (χ0n) is 13.0. The van der Waals surface area contributed by atoms with E-state index in [0.717, 1.165) is 23.7 Å². The summed E-state index contributed by atoms with van der Waals surface area (Å²) in [6, 6.07) is 0.522. The topological polar surface area (TPSA) is 63.3 Å². The van der Waals surface area contributed by atoms with Crippen LogP contribution in [0.25, 0.3) is 0 Å². The van der Waals surface area contributed by atoms with Crippen LogP contribution in [0.1, 0.15) is 54.1 Å². The quantitative estimate of drug-likeness (QED) is 0.338. The van der Waals surface area contributed by atoms with Crippen molar-refractivity contribution in [3.05, 3.63) is 15.6 Å². The van der Waals surface area contributed by atoms with Crippen LogP contribution in [0.2, 0.25) is 0 Å². The van der Waals surface area contributed by atoms with E-state index in [-0.39, 0.29) is 24.0 Å². The largest absolute Gasteiger partial charge is 0.370 e. The second-order valence-electron chi connectivity index (χ2n) is 5.59. The molecule has 0 radical (unpaired) electrons. The number of halogens is 1. The van der Waals surface area contributed by atoms with Crippen molar-refractivity contribution in [3.63, 3.8) is 0 Å². The van der Waals surface area contributed by atoms with E-state index < -0.39 is 0 Å². The van der Waals surface area contributed by atoms with Gasteiger partial charge in [0.05, 0.1) is 10.7 Å². The first kappa shape index (κ1) is 18.7. The summed E-state index contributed by atoms with van der Waals surface area (Å²) in [6.07, 6.45) is 8.73. The predicted octanol–water partition coefficient (Wildman–Crippen LogP) is 3.55. The molecule has 4 nitrogen and oxygen atoms in total. The molecular weight excluding hydrogens is 395 g/mol. The molecule has 21 heavy (non-hydrogen) atoms. The number of nitrogens with zero attached hydrogens (tertiary/aromatic N) is 2. The molecule has 0 bridgehead atoms. The van der Waals surface area contributed by atoms with Crippen molar-refractivity contribution >= 4 is 41.3 Å². The Labute approximate surface area is 149 Å². The van der Waals surface area contributed by atoms with Gasteiger partial charge in [-0.15, -0.1) is 35.3 Å². The summed E-state index contributed by atoms with van der Waals surface area (Å²) in [7, 11) is 0. The summed E-state index contributed by atoms with van der Waals surface area (Å²) in [5.41, 5.74) is 7.13. The Morgan fingerprint density at radius 2 is 1.95 bits per heavy atom. The van der Waals surface area contributed by atoms with Gasteiger partial charge in [-0.2, -0.15) is 0 Å². The molecule has 0 amide bonds. The lowest BCUT2D eigenvalue weighted by Gasteiger charge is -2.16. The van der Waals surface area contributed by atoms with Crippen LogP contribution in [0.4, 0.5) is 0 Å². The van der Waals surface area contributed by atoms with Gasteiger partial charge in [0.1, 0.15) is 0 Å². The van der Waals surface area contributed by atoms with Crippen LogP contribution in [0.5, 0.6) is 0 Å². The molecule has 1 aromatic heterocycles. The minimum absolute atomic E-state index is 0. The highest BCUT2D eigenvalue weighted by Gasteiger charge is 2.12. The van der Waals surface area contributed by atoms with Crippen LogP contribution in [-0.4, -0.2) is 23.5 Å². The van der Waals surface area contributed by atoms with Crippen LogP contribution in [0.15, 0.2) is 4.99 Å². The normalized spacial score (nSPS) is 17.1. The van der Waals surface area contributed by atoms with E-state index >= 15 is 0 Å². The maximum absolute atomic E-state index is 5.99. The molecule has 0 spiro atoms. The molecule has 0 aromatic carbocycles. The molecule has 0 unspecified atom stereocenters. The molecular formula is C15H27IN4S. The van der Waals surface area contributed by atoms with Gasteiger partial charge >= 0.3 is 0 Å². The molecule has 2 rings (SSSR count). The minimum Gasteiger partial charge on any atom is -0.370 e. The van der Waals surface area contributed by atoms with Gasteiger partial charge in [-0.05, 0) is 26.7 Å². The second-order valence-corrected chi connectivity index (χ2v) is 6.88. The van der Waals surface area contributed by atoms with E-state index in [1.807, 2.05) is 6.92 Å². The van der Waals surface area contributed by atoms with Gasteiger partial charge in [-0.3, -0.25) is 4.99 Å². The number of aromatic nitrogens is 1. The highest BCUT2D eigenvalue weighted by molar-refractivity contribution is 14.0. The van der Waals surface area contributed by atoms with Crippen molar-refractivity contribution in [1.29, 1.82) is 0 Å². The molecule has 1 aromatic rings. The van der Waals surface area contributed by atoms with E-state index in [9.17, 15) is 0 Å². The Kier molecular flexibility index (Phi) is 8.55. The standard InChI is InChI=1S/C15H26N4S.HI/c1-11-14(20-12(2)18-11)9-10-17-15(16)19-13-7-5-3-4-6-8-13;/h13H,3-10H2,1-2H3,(H3,16,17,19);1H. The van der Waals surface area contributed by atoms with Crippen molar-refractivity contribution in [3.8, 4) is 0 Å². The Morgan fingerprint density at radius 3 is 2.52 bits per heavy atom. The van der Waals surface area contributed by atoms with Crippen LogP contribution in [0.3, 0.4) is 0 Å². The molecule has 1 heterocycles. The first-order chi connectivity index (χ1) is 9.65. The second kappa shape index (κ2) is 9.61. The highest BCUT2D eigenvalue weighted by atomic mass is 127. The first-order valence-corrected chi connectivity index (χ1v) is 8.46. The molecule has 1 fully saturated rings. The fraction of sp³-hybridized carbons (Fsp3) is 0.733. The fourth-order valence-electron chi connectivity index (χ4n) is 2.76. The van der Waals surface area contributed by atoms with E-state index in [4.69, 9.17) is 5.73 Å². The number of nitrogens with two attached hydrogens (primary N) is 1. The van der Waals surface area contributed by atoms with Crippen molar-refractivity contribution in [1.82, 2.24) is 10.3 Å².